The van der Waals surface area contributed by atoms with Gasteiger partial charge in [0.05, 0.1) is 30.1 Å². The van der Waals surface area contributed by atoms with E-state index in [1.165, 1.54) is 6.26 Å². The van der Waals surface area contributed by atoms with E-state index < -0.39 is 15.8 Å². The number of anilines is 5. The van der Waals surface area contributed by atoms with Gasteiger partial charge in [-0.3, -0.25) is 4.79 Å². The lowest BCUT2D eigenvalue weighted by molar-refractivity contribution is -0.105. The molecule has 13 nitrogen and oxygen atoms in total. The highest BCUT2D eigenvalue weighted by Gasteiger charge is 2.12. The first-order chi connectivity index (χ1) is 23.7. The number of nitrogens with zero attached hydrogens (tertiary/aromatic N) is 3. The number of aromatic nitrogens is 2. The van der Waals surface area contributed by atoms with Crippen LogP contribution in [0.15, 0.2) is 88.3 Å². The molecule has 0 radical (unpaired) electrons. The summed E-state index contributed by atoms with van der Waals surface area (Å²) >= 11 is 0. The van der Waals surface area contributed by atoms with Gasteiger partial charge < -0.3 is 35.8 Å². The maximum Gasteiger partial charge on any atom is 0.442 e. The summed E-state index contributed by atoms with van der Waals surface area (Å²) in [6, 6.07) is 21.6. The number of aliphatic hydroxyl groups excluding tert-OH is 1. The lowest BCUT2D eigenvalue weighted by atomic mass is 10.1. The van der Waals surface area contributed by atoms with Crippen LogP contribution in [0, 0.1) is 0 Å². The number of benzene rings is 3. The molecule has 3 aromatic carbocycles. The van der Waals surface area contributed by atoms with Crippen LogP contribution < -0.4 is 26.0 Å². The van der Waals surface area contributed by atoms with E-state index >= 15 is 0 Å². The average Bonchev–Trinajstić information content (AvgIpc) is 3.13. The molecule has 1 atom stereocenters. The number of hydrogen-bond acceptors (Lipinski definition) is 11. The van der Waals surface area contributed by atoms with Gasteiger partial charge in [-0.05, 0) is 61.0 Å². The summed E-state index contributed by atoms with van der Waals surface area (Å²) < 4.78 is 26.1. The summed E-state index contributed by atoms with van der Waals surface area (Å²) in [5.74, 6) is 1.65. The second-order valence-electron chi connectivity index (χ2n) is 9.17. The van der Waals surface area contributed by atoms with Crippen LogP contribution in [-0.4, -0.2) is 72.0 Å². The van der Waals surface area contributed by atoms with Crippen LogP contribution in [-0.2, 0) is 19.3 Å². The van der Waals surface area contributed by atoms with Gasteiger partial charge in [-0.15, -0.1) is 4.36 Å². The Morgan fingerprint density at radius 3 is 2.20 bits per heavy atom. The van der Waals surface area contributed by atoms with Crippen LogP contribution in [0.25, 0.3) is 11.1 Å². The summed E-state index contributed by atoms with van der Waals surface area (Å²) in [5, 5.41) is 21.1. The fraction of sp³-hybridized carbons (Fsp3) is 0.314. The first kappa shape index (κ1) is 41.8. The fourth-order valence-electron chi connectivity index (χ4n) is 3.82. The Morgan fingerprint density at radius 1 is 0.980 bits per heavy atom. The monoisotopic (exact) mass is 695 g/mol. The molecule has 14 heteroatoms. The van der Waals surface area contributed by atoms with Crippen LogP contribution in [0.1, 0.15) is 34.6 Å². The van der Waals surface area contributed by atoms with Crippen LogP contribution in [0.5, 0.6) is 5.75 Å². The van der Waals surface area contributed by atoms with E-state index in [-0.39, 0.29) is 13.2 Å². The lowest BCUT2D eigenvalue weighted by Gasteiger charge is -2.13. The zero-order valence-corrected chi connectivity index (χ0v) is 30.3. The molecule has 0 spiro atoms. The van der Waals surface area contributed by atoms with E-state index in [1.807, 2.05) is 71.1 Å². The normalized spacial score (nSPS) is 10.8. The van der Waals surface area contributed by atoms with Gasteiger partial charge >= 0.3 is 6.09 Å². The number of ether oxygens (including phenoxy) is 2. The highest BCUT2D eigenvalue weighted by atomic mass is 32.2. The summed E-state index contributed by atoms with van der Waals surface area (Å²) in [6.45, 7) is 10.1. The minimum Gasteiger partial charge on any atom is -0.497 e. The molecular weight excluding hydrogens is 646 g/mol. The van der Waals surface area contributed by atoms with E-state index in [9.17, 15) is 18.9 Å². The van der Waals surface area contributed by atoms with Crippen molar-refractivity contribution in [3.63, 3.8) is 0 Å². The van der Waals surface area contributed by atoms with E-state index in [4.69, 9.17) is 9.47 Å². The Bertz CT molecular complexity index is 1680. The van der Waals surface area contributed by atoms with Crippen molar-refractivity contribution in [3.05, 3.63) is 79.0 Å². The second kappa shape index (κ2) is 23.2. The summed E-state index contributed by atoms with van der Waals surface area (Å²) in [4.78, 5) is 31.0. The smallest absolute Gasteiger partial charge is 0.442 e. The van der Waals surface area contributed by atoms with Crippen molar-refractivity contribution in [2.45, 2.75) is 39.5 Å². The first-order valence-corrected chi connectivity index (χ1v) is 17.8. The quantitative estimate of drug-likeness (QED) is 0.0943. The van der Waals surface area contributed by atoms with Gasteiger partial charge in [0.25, 0.3) is 0 Å². The van der Waals surface area contributed by atoms with E-state index in [2.05, 4.69) is 35.6 Å². The Kier molecular flexibility index (Phi) is 19.8. The Balaban J connectivity index is 0.000000669. The maximum atomic E-state index is 12.8. The SMILES string of the molecule is CC.CC.CCOC(=O)N=S(C)(=O)c1ccc(Nc2ncc(-c3ccc(NC)cc3)c(NCCO)n2)cc1.COc1cccc(NC=O)c1. The molecule has 0 aliphatic carbocycles. The highest BCUT2D eigenvalue weighted by molar-refractivity contribution is 7.93. The molecule has 266 valence electrons. The minimum absolute atomic E-state index is 0.0422. The number of carbonyl (C=O) groups excluding carboxylic acids is 2. The number of hydrogen-bond donors (Lipinski definition) is 5. The second-order valence-corrected chi connectivity index (χ2v) is 11.4. The molecule has 5 N–H and O–H groups in total. The average molecular weight is 696 g/mol. The molecule has 0 saturated carbocycles. The molecule has 0 fully saturated rings. The van der Waals surface area contributed by atoms with Crippen LogP contribution in [0.3, 0.4) is 0 Å². The molecule has 4 rings (SSSR count). The molecule has 0 bridgehead atoms. The molecule has 1 heterocycles. The molecule has 49 heavy (non-hydrogen) atoms. The topological polar surface area (TPSA) is 176 Å². The van der Waals surface area contributed by atoms with Gasteiger partial charge in [0.15, 0.2) is 0 Å². The van der Waals surface area contributed by atoms with Gasteiger partial charge in [0, 0.05) is 59.6 Å². The predicted octanol–water partition coefficient (Wildman–Crippen LogP) is 7.26. The van der Waals surface area contributed by atoms with E-state index in [0.29, 0.717) is 35.3 Å². The van der Waals surface area contributed by atoms with Crippen LogP contribution >= 0.6 is 0 Å². The van der Waals surface area contributed by atoms with Gasteiger partial charge in [0.1, 0.15) is 11.6 Å². The minimum atomic E-state index is -2.93. The summed E-state index contributed by atoms with van der Waals surface area (Å²) in [7, 11) is 0.512. The Hall–Kier alpha value is -5.21. The molecule has 0 aliphatic heterocycles. The van der Waals surface area contributed by atoms with Crippen LogP contribution in [0.4, 0.5) is 33.6 Å². The summed E-state index contributed by atoms with van der Waals surface area (Å²) in [5.41, 5.74) is 4.11. The number of methoxy groups -OCH3 is 1. The molecular formula is C35H49N7O6S. The molecule has 1 unspecified atom stereocenters. The highest BCUT2D eigenvalue weighted by Crippen LogP contribution is 2.29. The number of aliphatic hydroxyl groups is 1. The largest absolute Gasteiger partial charge is 0.497 e. The number of carbonyl (C=O) groups is 2. The van der Waals surface area contributed by atoms with Crippen molar-refractivity contribution < 1.29 is 28.4 Å². The van der Waals surface area contributed by atoms with Gasteiger partial charge in [-0.25, -0.2) is 14.0 Å². The van der Waals surface area contributed by atoms with Gasteiger partial charge in [0.2, 0.25) is 12.4 Å². The van der Waals surface area contributed by atoms with Crippen molar-refractivity contribution >= 4 is 51.1 Å². The molecule has 1 aromatic heterocycles. The van der Waals surface area contributed by atoms with Crippen molar-refractivity contribution in [3.8, 4) is 16.9 Å². The molecule has 2 amide bonds. The Labute approximate surface area is 290 Å². The summed E-state index contributed by atoms with van der Waals surface area (Å²) in [6.07, 6.45) is 2.87. The van der Waals surface area contributed by atoms with Crippen molar-refractivity contribution in [1.29, 1.82) is 0 Å². The molecule has 0 aliphatic rings. The van der Waals surface area contributed by atoms with Crippen molar-refractivity contribution in [2.24, 2.45) is 4.36 Å². The third-order valence-electron chi connectivity index (χ3n) is 6.04. The third-order valence-corrected chi connectivity index (χ3v) is 7.68. The molecule has 4 aromatic rings. The third kappa shape index (κ3) is 14.2. The predicted molar refractivity (Wildman–Crippen MR) is 199 cm³/mol. The number of rotatable bonds is 12. The van der Waals surface area contributed by atoms with E-state index in [1.54, 1.807) is 56.6 Å². The van der Waals surface area contributed by atoms with Crippen LogP contribution in [0.2, 0.25) is 0 Å². The zero-order valence-electron chi connectivity index (χ0n) is 29.4. The van der Waals surface area contributed by atoms with Crippen molar-refractivity contribution in [1.82, 2.24) is 9.97 Å². The number of nitrogens with one attached hydrogen (secondary N) is 4. The molecule has 0 saturated heterocycles. The van der Waals surface area contributed by atoms with Gasteiger partial charge in [-0.1, -0.05) is 45.9 Å². The van der Waals surface area contributed by atoms with Crippen molar-refractivity contribution in [2.75, 3.05) is 61.4 Å². The fourth-order valence-corrected chi connectivity index (χ4v) is 4.91. The maximum absolute atomic E-state index is 12.8. The van der Waals surface area contributed by atoms with Gasteiger partial charge in [-0.2, -0.15) is 4.98 Å². The number of amides is 2. The first-order valence-electron chi connectivity index (χ1n) is 15.8. The Morgan fingerprint density at radius 2 is 1.63 bits per heavy atom. The van der Waals surface area contributed by atoms with E-state index in [0.717, 1.165) is 28.3 Å². The zero-order chi connectivity index (χ0) is 36.7. The lowest BCUT2D eigenvalue weighted by Crippen LogP contribution is -2.10. The standard InChI is InChI=1S/C23H28N6O4S.C8H9NO2.2C2H6/c1-4-33-23(31)29-34(3,32)19-11-9-18(10-12-19)27-22-26-15-20(21(28-22)25-13-14-30)16-5-7-17(24-2)8-6-16;1-11-8-4-2-3-7(5-8)9-6-10;2*1-2/h5-12,15,24,30H,4,13-14H2,1-3H3,(H2,25,26,27,28);2-6H,1H3,(H,9,10);2*1-2H3.